The second-order valence-electron chi connectivity index (χ2n) is 4.94. The van der Waals surface area contributed by atoms with Crippen molar-refractivity contribution in [2.75, 3.05) is 20.3 Å². The SMILES string of the molecule is COCC1CC(C2CCCC2)CCN1. The van der Waals surface area contributed by atoms with Gasteiger partial charge in [-0.2, -0.15) is 0 Å². The third kappa shape index (κ3) is 2.48. The van der Waals surface area contributed by atoms with Gasteiger partial charge in [-0.3, -0.25) is 0 Å². The third-order valence-corrected chi connectivity index (χ3v) is 3.97. The van der Waals surface area contributed by atoms with Crippen molar-refractivity contribution in [3.05, 3.63) is 0 Å². The van der Waals surface area contributed by atoms with Crippen LogP contribution in [0.2, 0.25) is 0 Å². The van der Waals surface area contributed by atoms with Gasteiger partial charge in [0, 0.05) is 13.2 Å². The third-order valence-electron chi connectivity index (χ3n) is 3.97. The van der Waals surface area contributed by atoms with Gasteiger partial charge in [-0.25, -0.2) is 0 Å². The topological polar surface area (TPSA) is 21.3 Å². The molecule has 2 nitrogen and oxygen atoms in total. The predicted octanol–water partition coefficient (Wildman–Crippen LogP) is 2.19. The summed E-state index contributed by atoms with van der Waals surface area (Å²) < 4.78 is 5.23. The maximum Gasteiger partial charge on any atom is 0.0615 e. The first-order valence-electron chi connectivity index (χ1n) is 6.12. The molecular formula is C12H23NO. The summed E-state index contributed by atoms with van der Waals surface area (Å²) in [6.07, 6.45) is 8.67. The molecule has 0 bridgehead atoms. The molecular weight excluding hydrogens is 174 g/mol. The van der Waals surface area contributed by atoms with Gasteiger partial charge in [-0.05, 0) is 31.2 Å². The fourth-order valence-corrected chi connectivity index (χ4v) is 3.22. The summed E-state index contributed by atoms with van der Waals surface area (Å²) >= 11 is 0. The summed E-state index contributed by atoms with van der Waals surface area (Å²) in [7, 11) is 1.81. The van der Waals surface area contributed by atoms with E-state index in [1.54, 1.807) is 7.11 Å². The zero-order chi connectivity index (χ0) is 9.80. The summed E-state index contributed by atoms with van der Waals surface area (Å²) in [4.78, 5) is 0. The lowest BCUT2D eigenvalue weighted by Crippen LogP contribution is -2.42. The van der Waals surface area contributed by atoms with Crippen molar-refractivity contribution in [3.63, 3.8) is 0 Å². The summed E-state index contributed by atoms with van der Waals surface area (Å²) in [6, 6.07) is 0.624. The molecule has 0 aromatic carbocycles. The molecule has 0 aromatic heterocycles. The van der Waals surface area contributed by atoms with Crippen molar-refractivity contribution in [2.24, 2.45) is 11.8 Å². The van der Waals surface area contributed by atoms with E-state index in [0.717, 1.165) is 18.4 Å². The molecule has 2 rings (SSSR count). The highest BCUT2D eigenvalue weighted by Crippen LogP contribution is 2.36. The van der Waals surface area contributed by atoms with Gasteiger partial charge in [0.1, 0.15) is 0 Å². The number of piperidine rings is 1. The largest absolute Gasteiger partial charge is 0.383 e. The number of hydrogen-bond acceptors (Lipinski definition) is 2. The zero-order valence-corrected chi connectivity index (χ0v) is 9.30. The van der Waals surface area contributed by atoms with Gasteiger partial charge in [0.2, 0.25) is 0 Å². The Morgan fingerprint density at radius 2 is 1.93 bits per heavy atom. The lowest BCUT2D eigenvalue weighted by Gasteiger charge is -2.33. The highest BCUT2D eigenvalue weighted by molar-refractivity contribution is 4.84. The average molecular weight is 197 g/mol. The van der Waals surface area contributed by atoms with E-state index in [9.17, 15) is 0 Å². The van der Waals surface area contributed by atoms with Crippen molar-refractivity contribution >= 4 is 0 Å². The van der Waals surface area contributed by atoms with Gasteiger partial charge in [0.05, 0.1) is 6.61 Å². The van der Waals surface area contributed by atoms with Crippen LogP contribution in [-0.2, 0) is 4.74 Å². The van der Waals surface area contributed by atoms with Crippen molar-refractivity contribution < 1.29 is 4.74 Å². The number of ether oxygens (including phenoxy) is 1. The van der Waals surface area contributed by atoms with Gasteiger partial charge in [-0.1, -0.05) is 25.7 Å². The van der Waals surface area contributed by atoms with Crippen LogP contribution in [0.1, 0.15) is 38.5 Å². The molecule has 1 saturated carbocycles. The summed E-state index contributed by atoms with van der Waals surface area (Å²) in [5.74, 6) is 2.02. The maximum absolute atomic E-state index is 5.23. The molecule has 1 aliphatic heterocycles. The minimum absolute atomic E-state index is 0.624. The van der Waals surface area contributed by atoms with E-state index in [1.807, 2.05) is 0 Å². The van der Waals surface area contributed by atoms with Crippen LogP contribution in [0.25, 0.3) is 0 Å². The Balaban J connectivity index is 1.80. The molecule has 1 saturated heterocycles. The molecule has 2 aliphatic rings. The molecule has 0 spiro atoms. The lowest BCUT2D eigenvalue weighted by atomic mass is 9.81. The normalized spacial score (nSPS) is 34.9. The van der Waals surface area contributed by atoms with Gasteiger partial charge < -0.3 is 10.1 Å². The van der Waals surface area contributed by atoms with E-state index in [1.165, 1.54) is 45.1 Å². The summed E-state index contributed by atoms with van der Waals surface area (Å²) in [5, 5.41) is 3.55. The van der Waals surface area contributed by atoms with Crippen LogP contribution in [0.4, 0.5) is 0 Å². The van der Waals surface area contributed by atoms with Gasteiger partial charge in [-0.15, -0.1) is 0 Å². The van der Waals surface area contributed by atoms with E-state index in [-0.39, 0.29) is 0 Å². The van der Waals surface area contributed by atoms with Crippen LogP contribution < -0.4 is 5.32 Å². The van der Waals surface area contributed by atoms with E-state index in [0.29, 0.717) is 6.04 Å². The quantitative estimate of drug-likeness (QED) is 0.749. The Kier molecular flexibility index (Phi) is 3.82. The number of hydrogen-bond donors (Lipinski definition) is 1. The molecule has 1 N–H and O–H groups in total. The molecule has 0 aromatic rings. The van der Waals surface area contributed by atoms with E-state index in [2.05, 4.69) is 5.32 Å². The number of rotatable bonds is 3. The average Bonchev–Trinajstić information content (AvgIpc) is 2.71. The van der Waals surface area contributed by atoms with Gasteiger partial charge in [0.15, 0.2) is 0 Å². The second-order valence-corrected chi connectivity index (χ2v) is 4.94. The molecule has 2 fully saturated rings. The fourth-order valence-electron chi connectivity index (χ4n) is 3.22. The second kappa shape index (κ2) is 5.13. The smallest absolute Gasteiger partial charge is 0.0615 e. The Bertz CT molecular complexity index is 164. The maximum atomic E-state index is 5.23. The Hall–Kier alpha value is -0.0800. The molecule has 1 heterocycles. The van der Waals surface area contributed by atoms with Crippen molar-refractivity contribution in [3.8, 4) is 0 Å². The van der Waals surface area contributed by atoms with Crippen LogP contribution in [0.15, 0.2) is 0 Å². The monoisotopic (exact) mass is 197 g/mol. The van der Waals surface area contributed by atoms with Gasteiger partial charge >= 0.3 is 0 Å². The molecule has 0 radical (unpaired) electrons. The zero-order valence-electron chi connectivity index (χ0n) is 9.30. The molecule has 0 amide bonds. The first-order valence-corrected chi connectivity index (χ1v) is 6.12. The minimum Gasteiger partial charge on any atom is -0.383 e. The Labute approximate surface area is 87.4 Å². The first kappa shape index (κ1) is 10.4. The molecule has 2 atom stereocenters. The van der Waals surface area contributed by atoms with Gasteiger partial charge in [0.25, 0.3) is 0 Å². The molecule has 2 heteroatoms. The summed E-state index contributed by atoms with van der Waals surface area (Å²) in [6.45, 7) is 2.10. The highest BCUT2D eigenvalue weighted by atomic mass is 16.5. The lowest BCUT2D eigenvalue weighted by molar-refractivity contribution is 0.124. The van der Waals surface area contributed by atoms with Crippen molar-refractivity contribution in [1.82, 2.24) is 5.32 Å². The molecule has 14 heavy (non-hydrogen) atoms. The summed E-state index contributed by atoms with van der Waals surface area (Å²) in [5.41, 5.74) is 0. The predicted molar refractivity (Wildman–Crippen MR) is 58.3 cm³/mol. The fraction of sp³-hybridized carbons (Fsp3) is 1.00. The first-order chi connectivity index (χ1) is 6.90. The van der Waals surface area contributed by atoms with Crippen LogP contribution in [0, 0.1) is 11.8 Å². The minimum atomic E-state index is 0.624. The van der Waals surface area contributed by atoms with Crippen LogP contribution in [-0.4, -0.2) is 26.3 Å². The van der Waals surface area contributed by atoms with E-state index in [4.69, 9.17) is 4.74 Å². The number of nitrogens with one attached hydrogen (secondary N) is 1. The Morgan fingerprint density at radius 3 is 2.64 bits per heavy atom. The molecule has 2 unspecified atom stereocenters. The van der Waals surface area contributed by atoms with Crippen LogP contribution in [0.5, 0.6) is 0 Å². The Morgan fingerprint density at radius 1 is 1.14 bits per heavy atom. The van der Waals surface area contributed by atoms with Crippen LogP contribution in [0.3, 0.4) is 0 Å². The van der Waals surface area contributed by atoms with Crippen LogP contribution >= 0.6 is 0 Å². The standard InChI is InChI=1S/C12H23NO/c1-14-9-12-8-11(6-7-13-12)10-4-2-3-5-10/h10-13H,2-9H2,1H3. The van der Waals surface area contributed by atoms with Crippen molar-refractivity contribution in [2.45, 2.75) is 44.6 Å². The van der Waals surface area contributed by atoms with Crippen molar-refractivity contribution in [1.29, 1.82) is 0 Å². The van der Waals surface area contributed by atoms with E-state index >= 15 is 0 Å². The highest BCUT2D eigenvalue weighted by Gasteiger charge is 2.29. The molecule has 82 valence electrons. The van der Waals surface area contributed by atoms with E-state index < -0.39 is 0 Å². The number of methoxy groups -OCH3 is 1. The molecule has 1 aliphatic carbocycles.